The van der Waals surface area contributed by atoms with E-state index in [1.807, 2.05) is 18.7 Å². The Bertz CT molecular complexity index is 333. The minimum atomic E-state index is 0.849. The molecule has 3 unspecified atom stereocenters. The first kappa shape index (κ1) is 11.3. The molecule has 1 N–H and O–H groups in total. The average Bonchev–Trinajstić information content (AvgIpc) is 3.05. The molecular weight excluding hydrogens is 210 g/mol. The van der Waals surface area contributed by atoms with Crippen LogP contribution in [0.3, 0.4) is 0 Å². The van der Waals surface area contributed by atoms with E-state index in [1.54, 1.807) is 0 Å². The quantitative estimate of drug-likeness (QED) is 0.765. The molecule has 1 heterocycles. The topological polar surface area (TPSA) is 29.9 Å². The molecule has 0 radical (unpaired) electrons. The SMILES string of the molecule is c1cn(CCCCNC2CC3CCC2C3)cn1. The van der Waals surface area contributed by atoms with Gasteiger partial charge < -0.3 is 9.88 Å². The van der Waals surface area contributed by atoms with Gasteiger partial charge in [0.05, 0.1) is 6.33 Å². The van der Waals surface area contributed by atoms with Gasteiger partial charge in [-0.1, -0.05) is 6.42 Å². The second-order valence-corrected chi connectivity index (χ2v) is 5.74. The van der Waals surface area contributed by atoms with Crippen LogP contribution in [0.5, 0.6) is 0 Å². The van der Waals surface area contributed by atoms with E-state index in [9.17, 15) is 0 Å². The molecule has 2 aliphatic rings. The lowest BCUT2D eigenvalue weighted by atomic mass is 9.95. The molecule has 2 saturated carbocycles. The number of nitrogens with one attached hydrogen (secondary N) is 1. The van der Waals surface area contributed by atoms with Crippen molar-refractivity contribution in [2.24, 2.45) is 11.8 Å². The molecule has 0 spiro atoms. The van der Waals surface area contributed by atoms with Crippen LogP contribution in [0.15, 0.2) is 18.7 Å². The molecule has 2 fully saturated rings. The first-order valence-electron chi connectivity index (χ1n) is 7.11. The Morgan fingerprint density at radius 3 is 2.94 bits per heavy atom. The summed E-state index contributed by atoms with van der Waals surface area (Å²) < 4.78 is 2.16. The molecule has 1 aromatic rings. The van der Waals surface area contributed by atoms with Crippen LogP contribution in [0.25, 0.3) is 0 Å². The third kappa shape index (κ3) is 2.71. The molecule has 3 nitrogen and oxygen atoms in total. The van der Waals surface area contributed by atoms with Gasteiger partial charge in [-0.05, 0) is 50.5 Å². The van der Waals surface area contributed by atoms with Gasteiger partial charge in [0, 0.05) is 25.0 Å². The Balaban J connectivity index is 1.28. The van der Waals surface area contributed by atoms with E-state index in [0.717, 1.165) is 24.4 Å². The second-order valence-electron chi connectivity index (χ2n) is 5.74. The molecule has 0 amide bonds. The van der Waals surface area contributed by atoms with E-state index in [-0.39, 0.29) is 0 Å². The summed E-state index contributed by atoms with van der Waals surface area (Å²) in [6.07, 6.45) is 14.3. The number of unbranched alkanes of at least 4 members (excludes halogenated alkanes) is 1. The number of imidazole rings is 1. The molecule has 2 aliphatic carbocycles. The third-order valence-electron chi connectivity index (χ3n) is 4.55. The Morgan fingerprint density at radius 1 is 1.24 bits per heavy atom. The number of aromatic nitrogens is 2. The summed E-state index contributed by atoms with van der Waals surface area (Å²) in [6, 6.07) is 0.849. The highest BCUT2D eigenvalue weighted by molar-refractivity contribution is 4.93. The summed E-state index contributed by atoms with van der Waals surface area (Å²) >= 11 is 0. The van der Waals surface area contributed by atoms with Crippen molar-refractivity contribution in [3.8, 4) is 0 Å². The van der Waals surface area contributed by atoms with Crippen molar-refractivity contribution in [1.82, 2.24) is 14.9 Å². The molecule has 3 heteroatoms. The van der Waals surface area contributed by atoms with Crippen molar-refractivity contribution in [1.29, 1.82) is 0 Å². The van der Waals surface area contributed by atoms with Crippen molar-refractivity contribution < 1.29 is 0 Å². The smallest absolute Gasteiger partial charge is 0.0945 e. The first-order chi connectivity index (χ1) is 8.42. The summed E-state index contributed by atoms with van der Waals surface area (Å²) in [5.74, 6) is 2.07. The highest BCUT2D eigenvalue weighted by atomic mass is 15.0. The lowest BCUT2D eigenvalue weighted by molar-refractivity contribution is 0.348. The molecule has 0 saturated heterocycles. The highest BCUT2D eigenvalue weighted by Crippen LogP contribution is 2.44. The minimum absolute atomic E-state index is 0.849. The predicted octanol–water partition coefficient (Wildman–Crippen LogP) is 2.44. The van der Waals surface area contributed by atoms with Gasteiger partial charge >= 0.3 is 0 Å². The average molecular weight is 233 g/mol. The summed E-state index contributed by atoms with van der Waals surface area (Å²) in [5, 5.41) is 3.77. The van der Waals surface area contributed by atoms with Crippen LogP contribution in [0, 0.1) is 11.8 Å². The fourth-order valence-electron chi connectivity index (χ4n) is 3.62. The molecule has 3 rings (SSSR count). The first-order valence-corrected chi connectivity index (χ1v) is 7.11. The lowest BCUT2D eigenvalue weighted by Gasteiger charge is -2.22. The van der Waals surface area contributed by atoms with Gasteiger partial charge in [0.15, 0.2) is 0 Å². The van der Waals surface area contributed by atoms with E-state index in [4.69, 9.17) is 0 Å². The monoisotopic (exact) mass is 233 g/mol. The summed E-state index contributed by atoms with van der Waals surface area (Å²) in [6.45, 7) is 2.31. The van der Waals surface area contributed by atoms with Gasteiger partial charge in [0.2, 0.25) is 0 Å². The van der Waals surface area contributed by atoms with E-state index in [2.05, 4.69) is 14.9 Å². The molecule has 2 bridgehead atoms. The second kappa shape index (κ2) is 5.21. The Labute approximate surface area is 104 Å². The molecule has 0 aromatic carbocycles. The van der Waals surface area contributed by atoms with Crippen molar-refractivity contribution in [3.63, 3.8) is 0 Å². The number of nitrogens with zero attached hydrogens (tertiary/aromatic N) is 2. The maximum Gasteiger partial charge on any atom is 0.0945 e. The fraction of sp³-hybridized carbons (Fsp3) is 0.786. The van der Waals surface area contributed by atoms with Crippen LogP contribution in [-0.2, 0) is 6.54 Å². The van der Waals surface area contributed by atoms with Crippen LogP contribution in [0.4, 0.5) is 0 Å². The van der Waals surface area contributed by atoms with Gasteiger partial charge in [-0.2, -0.15) is 0 Å². The van der Waals surface area contributed by atoms with Crippen LogP contribution in [-0.4, -0.2) is 22.1 Å². The van der Waals surface area contributed by atoms with Gasteiger partial charge in [0.25, 0.3) is 0 Å². The maximum atomic E-state index is 4.06. The normalized spacial score (nSPS) is 31.2. The zero-order chi connectivity index (χ0) is 11.5. The van der Waals surface area contributed by atoms with Crippen LogP contribution in [0.2, 0.25) is 0 Å². The molecular formula is C14H23N3. The zero-order valence-corrected chi connectivity index (χ0v) is 10.5. The fourth-order valence-corrected chi connectivity index (χ4v) is 3.62. The van der Waals surface area contributed by atoms with Gasteiger partial charge in [-0.15, -0.1) is 0 Å². The van der Waals surface area contributed by atoms with Crippen molar-refractivity contribution >= 4 is 0 Å². The molecule has 3 atom stereocenters. The number of aryl methyl sites for hydroxylation is 1. The van der Waals surface area contributed by atoms with Crippen molar-refractivity contribution in [2.75, 3.05) is 6.54 Å². The number of hydrogen-bond donors (Lipinski definition) is 1. The maximum absolute atomic E-state index is 4.06. The lowest BCUT2D eigenvalue weighted by Crippen LogP contribution is -2.34. The molecule has 1 aromatic heterocycles. The molecule has 0 aliphatic heterocycles. The van der Waals surface area contributed by atoms with Crippen LogP contribution in [0.1, 0.15) is 38.5 Å². The summed E-state index contributed by atoms with van der Waals surface area (Å²) in [4.78, 5) is 4.06. The zero-order valence-electron chi connectivity index (χ0n) is 10.5. The number of rotatable bonds is 6. The Kier molecular flexibility index (Phi) is 3.46. The van der Waals surface area contributed by atoms with Gasteiger partial charge in [0.1, 0.15) is 0 Å². The van der Waals surface area contributed by atoms with E-state index in [1.165, 1.54) is 45.1 Å². The number of fused-ring (bicyclic) bond motifs is 2. The van der Waals surface area contributed by atoms with Gasteiger partial charge in [-0.25, -0.2) is 4.98 Å². The standard InChI is InChI=1S/C14H23N3/c1(2-7-17-8-6-15-11-17)5-16-14-10-12-3-4-13(14)9-12/h6,8,11-14,16H,1-5,7,9-10H2. The highest BCUT2D eigenvalue weighted by Gasteiger charge is 2.38. The third-order valence-corrected chi connectivity index (χ3v) is 4.55. The van der Waals surface area contributed by atoms with Crippen LogP contribution >= 0.6 is 0 Å². The summed E-state index contributed by atoms with van der Waals surface area (Å²) in [7, 11) is 0. The number of hydrogen-bond acceptors (Lipinski definition) is 2. The predicted molar refractivity (Wildman–Crippen MR) is 68.7 cm³/mol. The van der Waals surface area contributed by atoms with E-state index in [0.29, 0.717) is 0 Å². The molecule has 17 heavy (non-hydrogen) atoms. The van der Waals surface area contributed by atoms with Crippen LogP contribution < -0.4 is 5.32 Å². The minimum Gasteiger partial charge on any atom is -0.337 e. The van der Waals surface area contributed by atoms with Crippen molar-refractivity contribution in [3.05, 3.63) is 18.7 Å². The van der Waals surface area contributed by atoms with E-state index >= 15 is 0 Å². The Hall–Kier alpha value is -0.830. The van der Waals surface area contributed by atoms with Gasteiger partial charge in [-0.3, -0.25) is 0 Å². The molecule has 94 valence electrons. The van der Waals surface area contributed by atoms with Crippen molar-refractivity contribution in [2.45, 2.75) is 51.1 Å². The van der Waals surface area contributed by atoms with E-state index < -0.39 is 0 Å². The Morgan fingerprint density at radius 2 is 2.24 bits per heavy atom. The summed E-state index contributed by atoms with van der Waals surface area (Å²) in [5.41, 5.74) is 0. The largest absolute Gasteiger partial charge is 0.337 e.